The van der Waals surface area contributed by atoms with Gasteiger partial charge in [0.05, 0.1) is 12.0 Å². The molecule has 0 aliphatic carbocycles. The van der Waals surface area contributed by atoms with E-state index in [2.05, 4.69) is 37.7 Å². The molecule has 2 aliphatic heterocycles. The molecule has 0 radical (unpaired) electrons. The minimum atomic E-state index is -0.741. The minimum absolute atomic E-state index is 0.162. The molecule has 10 heteroatoms. The molecule has 2 aliphatic rings. The first-order valence-corrected chi connectivity index (χ1v) is 8.25. The molecule has 124 valence electrons. The third kappa shape index (κ3) is 2.31. The van der Waals surface area contributed by atoms with Crippen molar-refractivity contribution in [2.45, 2.75) is 44.2 Å². The van der Waals surface area contributed by atoms with Gasteiger partial charge in [-0.1, -0.05) is 0 Å². The van der Waals surface area contributed by atoms with Gasteiger partial charge in [-0.15, -0.1) is 0 Å². The highest BCUT2D eigenvalue weighted by Gasteiger charge is 2.56. The lowest BCUT2D eigenvalue weighted by molar-refractivity contribution is -0.201. The number of hydrogen-bond acceptors (Lipinski definition) is 8. The molecular formula is C13H16IN5O4. The second-order valence-electron chi connectivity index (χ2n) is 6.01. The maximum atomic E-state index is 9.57. The monoisotopic (exact) mass is 433 g/mol. The van der Waals surface area contributed by atoms with Crippen LogP contribution in [0.2, 0.25) is 0 Å². The highest BCUT2D eigenvalue weighted by molar-refractivity contribution is 14.1. The summed E-state index contributed by atoms with van der Waals surface area (Å²) in [5.41, 5.74) is 6.49. The normalized spacial score (nSPS) is 32.5. The van der Waals surface area contributed by atoms with E-state index < -0.39 is 24.2 Å². The summed E-state index contributed by atoms with van der Waals surface area (Å²) in [5, 5.41) is 14.7. The number of nitrogen functional groups attached to an aromatic ring is 1. The summed E-state index contributed by atoms with van der Waals surface area (Å²) in [5.74, 6) is -0.377. The molecule has 3 N–H and O–H groups in total. The van der Waals surface area contributed by atoms with Crippen molar-refractivity contribution in [3.8, 4) is 0 Å². The number of aromatic nitrogens is 4. The molecule has 4 heterocycles. The number of aliphatic hydroxyl groups is 1. The number of halogens is 1. The third-order valence-electron chi connectivity index (χ3n) is 4.02. The van der Waals surface area contributed by atoms with Gasteiger partial charge in [0.15, 0.2) is 17.7 Å². The lowest BCUT2D eigenvalue weighted by atomic mass is 10.1. The van der Waals surface area contributed by atoms with Crippen LogP contribution in [0.1, 0.15) is 20.1 Å². The number of anilines is 1. The first-order valence-electron chi connectivity index (χ1n) is 7.17. The molecular weight excluding hydrogens is 417 g/mol. The van der Waals surface area contributed by atoms with Gasteiger partial charge in [0, 0.05) is 0 Å². The van der Waals surface area contributed by atoms with Gasteiger partial charge in [0.2, 0.25) is 0 Å². The van der Waals surface area contributed by atoms with E-state index in [1.54, 1.807) is 4.68 Å². The van der Waals surface area contributed by atoms with Gasteiger partial charge in [-0.05, 0) is 36.4 Å². The number of rotatable bonds is 2. The van der Waals surface area contributed by atoms with Crippen molar-refractivity contribution in [1.29, 1.82) is 0 Å². The van der Waals surface area contributed by atoms with Gasteiger partial charge in [0.25, 0.3) is 0 Å². The van der Waals surface area contributed by atoms with Crippen LogP contribution in [0.25, 0.3) is 11.0 Å². The lowest BCUT2D eigenvalue weighted by Crippen LogP contribution is -2.31. The average molecular weight is 433 g/mol. The number of fused-ring (bicyclic) bond motifs is 2. The van der Waals surface area contributed by atoms with Crippen LogP contribution < -0.4 is 5.73 Å². The van der Waals surface area contributed by atoms with Crippen LogP contribution in [0.4, 0.5) is 5.82 Å². The van der Waals surface area contributed by atoms with Crippen molar-refractivity contribution >= 4 is 39.4 Å². The quantitative estimate of drug-likeness (QED) is 0.655. The summed E-state index contributed by atoms with van der Waals surface area (Å²) in [6.45, 7) is 3.51. The molecule has 0 saturated carbocycles. The van der Waals surface area contributed by atoms with Crippen LogP contribution in [0.3, 0.4) is 0 Å². The Morgan fingerprint density at radius 1 is 1.35 bits per heavy atom. The zero-order valence-corrected chi connectivity index (χ0v) is 14.7. The topological polar surface area (TPSA) is 118 Å². The summed E-state index contributed by atoms with van der Waals surface area (Å²) in [6.07, 6.45) is -0.409. The summed E-state index contributed by atoms with van der Waals surface area (Å²) >= 11 is 2.08. The Bertz CT molecular complexity index is 766. The van der Waals surface area contributed by atoms with Gasteiger partial charge in [-0.2, -0.15) is 5.10 Å². The molecule has 9 nitrogen and oxygen atoms in total. The van der Waals surface area contributed by atoms with Crippen LogP contribution in [0.5, 0.6) is 0 Å². The number of aliphatic hydroxyl groups excluding tert-OH is 1. The summed E-state index contributed by atoms with van der Waals surface area (Å²) < 4.78 is 20.1. The van der Waals surface area contributed by atoms with E-state index in [1.165, 1.54) is 6.33 Å². The Morgan fingerprint density at radius 3 is 2.83 bits per heavy atom. The van der Waals surface area contributed by atoms with E-state index in [0.717, 1.165) is 0 Å². The molecule has 4 rings (SSSR count). The average Bonchev–Trinajstić information content (AvgIpc) is 3.08. The minimum Gasteiger partial charge on any atom is -0.394 e. The van der Waals surface area contributed by atoms with Crippen molar-refractivity contribution in [3.05, 3.63) is 10.0 Å². The Balaban J connectivity index is 1.81. The Kier molecular flexibility index (Phi) is 3.50. The largest absolute Gasteiger partial charge is 0.394 e. The van der Waals surface area contributed by atoms with E-state index >= 15 is 0 Å². The van der Waals surface area contributed by atoms with E-state index in [9.17, 15) is 5.11 Å². The number of hydrogen-bond donors (Lipinski definition) is 2. The summed E-state index contributed by atoms with van der Waals surface area (Å²) in [7, 11) is 0. The first-order chi connectivity index (χ1) is 10.9. The molecule has 4 atom stereocenters. The molecule has 0 amide bonds. The number of nitrogens with two attached hydrogens (primary N) is 1. The van der Waals surface area contributed by atoms with E-state index in [4.69, 9.17) is 19.9 Å². The Hall–Kier alpha value is -1.08. The molecule has 2 saturated heterocycles. The molecule has 0 unspecified atom stereocenters. The van der Waals surface area contributed by atoms with Crippen molar-refractivity contribution in [1.82, 2.24) is 19.7 Å². The van der Waals surface area contributed by atoms with Gasteiger partial charge in [-0.25, -0.2) is 14.6 Å². The first kappa shape index (κ1) is 15.4. The van der Waals surface area contributed by atoms with Gasteiger partial charge >= 0.3 is 0 Å². The number of nitrogens with zero attached hydrogens (tertiary/aromatic N) is 4. The van der Waals surface area contributed by atoms with Crippen LogP contribution in [0.15, 0.2) is 6.33 Å². The van der Waals surface area contributed by atoms with Crippen molar-refractivity contribution in [2.75, 3.05) is 12.3 Å². The molecule has 2 aromatic rings. The predicted molar refractivity (Wildman–Crippen MR) is 87.3 cm³/mol. The summed E-state index contributed by atoms with van der Waals surface area (Å²) in [4.78, 5) is 8.28. The number of ether oxygens (including phenoxy) is 3. The van der Waals surface area contributed by atoms with Crippen LogP contribution in [0, 0.1) is 3.70 Å². The smallest absolute Gasteiger partial charge is 0.181 e. The Morgan fingerprint density at radius 2 is 2.09 bits per heavy atom. The molecule has 2 aromatic heterocycles. The fourth-order valence-electron chi connectivity index (χ4n) is 3.13. The molecule has 0 bridgehead atoms. The van der Waals surface area contributed by atoms with Gasteiger partial charge in [-0.3, -0.25) is 0 Å². The fourth-order valence-corrected chi connectivity index (χ4v) is 3.88. The highest BCUT2D eigenvalue weighted by atomic mass is 127. The zero-order chi connectivity index (χ0) is 16.4. The van der Waals surface area contributed by atoms with E-state index in [-0.39, 0.29) is 12.7 Å². The van der Waals surface area contributed by atoms with Crippen molar-refractivity contribution < 1.29 is 19.3 Å². The van der Waals surface area contributed by atoms with Gasteiger partial charge < -0.3 is 25.1 Å². The zero-order valence-electron chi connectivity index (χ0n) is 12.5. The second kappa shape index (κ2) is 5.21. The predicted octanol–water partition coefficient (Wildman–Crippen LogP) is 0.423. The van der Waals surface area contributed by atoms with E-state index in [0.29, 0.717) is 20.6 Å². The SMILES string of the molecule is CC1(C)O[C@@H]2[C@H](O1)[C@H](CO)O[C@H]2n1nc(I)c2c(N)ncnc21. The van der Waals surface area contributed by atoms with E-state index in [1.807, 2.05) is 13.8 Å². The lowest BCUT2D eigenvalue weighted by Gasteiger charge is -2.23. The highest BCUT2D eigenvalue weighted by Crippen LogP contribution is 2.43. The van der Waals surface area contributed by atoms with Crippen LogP contribution >= 0.6 is 22.6 Å². The maximum Gasteiger partial charge on any atom is 0.181 e. The van der Waals surface area contributed by atoms with Gasteiger partial charge in [0.1, 0.15) is 34.2 Å². The van der Waals surface area contributed by atoms with Crippen molar-refractivity contribution in [2.24, 2.45) is 0 Å². The fraction of sp³-hybridized carbons (Fsp3) is 0.615. The molecule has 23 heavy (non-hydrogen) atoms. The molecule has 0 aromatic carbocycles. The summed E-state index contributed by atoms with van der Waals surface area (Å²) in [6, 6.07) is 0. The van der Waals surface area contributed by atoms with Crippen LogP contribution in [-0.4, -0.2) is 55.6 Å². The Labute approximate surface area is 145 Å². The molecule has 0 spiro atoms. The molecule has 2 fully saturated rings. The second-order valence-corrected chi connectivity index (χ2v) is 7.03. The maximum absolute atomic E-state index is 9.57. The van der Waals surface area contributed by atoms with Crippen LogP contribution in [-0.2, 0) is 14.2 Å². The van der Waals surface area contributed by atoms with Crippen molar-refractivity contribution in [3.63, 3.8) is 0 Å². The standard InChI is InChI=1S/C13H16IN5O4/c1-13(2)22-7-5(3-20)21-12(8(7)23-13)19-11-6(9(14)18-19)10(15)16-4-17-11/h4-5,7-8,12,20H,3H2,1-2H3,(H2,15,16,17)/t5-,7+,8+,12+/m0/s1. The third-order valence-corrected chi connectivity index (χ3v) is 4.78.